The molecule has 4 heteroatoms. The Morgan fingerprint density at radius 2 is 2.05 bits per heavy atom. The summed E-state index contributed by atoms with van der Waals surface area (Å²) in [6.07, 6.45) is 0.745. The van der Waals surface area contributed by atoms with E-state index in [4.69, 9.17) is 11.6 Å². The minimum atomic E-state index is -0.635. The summed E-state index contributed by atoms with van der Waals surface area (Å²) < 4.78 is 13.1. The minimum Gasteiger partial charge on any atom is -0.390 e. The zero-order valence-electron chi connectivity index (χ0n) is 11.7. The van der Waals surface area contributed by atoms with E-state index >= 15 is 0 Å². The second kappa shape index (κ2) is 5.04. The molecule has 1 heterocycles. The molecule has 1 aromatic carbocycles. The Kier molecular flexibility index (Phi) is 3.92. The molecule has 1 saturated heterocycles. The lowest BCUT2D eigenvalue weighted by atomic mass is 9.71. The van der Waals surface area contributed by atoms with Crippen LogP contribution in [-0.4, -0.2) is 28.7 Å². The molecule has 0 radical (unpaired) electrons. The van der Waals surface area contributed by atoms with Crippen LogP contribution in [-0.2, 0) is 6.54 Å². The summed E-state index contributed by atoms with van der Waals surface area (Å²) in [6.45, 7) is 8.45. The molecule has 2 nitrogen and oxygen atoms in total. The maximum absolute atomic E-state index is 13.1. The van der Waals surface area contributed by atoms with Crippen molar-refractivity contribution in [1.29, 1.82) is 0 Å². The molecule has 1 fully saturated rings. The van der Waals surface area contributed by atoms with Gasteiger partial charge in [0.2, 0.25) is 0 Å². The fourth-order valence-electron chi connectivity index (χ4n) is 2.55. The van der Waals surface area contributed by atoms with Crippen molar-refractivity contribution in [3.05, 3.63) is 34.6 Å². The molecular weight excluding hydrogens is 265 g/mol. The van der Waals surface area contributed by atoms with Crippen LogP contribution in [0.3, 0.4) is 0 Å². The summed E-state index contributed by atoms with van der Waals surface area (Å²) >= 11 is 5.80. The standard InChI is InChI=1S/C15H21ClFNO/c1-14(2)10-18(7-6-15(14,3)19)9-11-4-5-13(17)12(16)8-11/h4-5,8,19H,6-7,9-10H2,1-3H3/t15-/m0/s1. The van der Waals surface area contributed by atoms with Crippen LogP contribution < -0.4 is 0 Å². The number of rotatable bonds is 2. The van der Waals surface area contributed by atoms with E-state index in [1.54, 1.807) is 12.1 Å². The summed E-state index contributed by atoms with van der Waals surface area (Å²) in [6, 6.07) is 4.85. The Labute approximate surface area is 119 Å². The zero-order valence-corrected chi connectivity index (χ0v) is 12.5. The second-order valence-corrected chi connectivity index (χ2v) is 6.77. The van der Waals surface area contributed by atoms with Crippen LogP contribution in [0.2, 0.25) is 5.02 Å². The van der Waals surface area contributed by atoms with Gasteiger partial charge in [0.05, 0.1) is 10.6 Å². The third kappa shape index (κ3) is 3.10. The lowest BCUT2D eigenvalue weighted by molar-refractivity contribution is -0.107. The number of likely N-dealkylation sites (tertiary alicyclic amines) is 1. The van der Waals surface area contributed by atoms with Crippen molar-refractivity contribution in [2.45, 2.75) is 39.3 Å². The Hall–Kier alpha value is -0.640. The van der Waals surface area contributed by atoms with Gasteiger partial charge in [-0.3, -0.25) is 4.90 Å². The van der Waals surface area contributed by atoms with Crippen molar-refractivity contribution in [3.63, 3.8) is 0 Å². The van der Waals surface area contributed by atoms with E-state index in [0.717, 1.165) is 31.6 Å². The molecule has 0 bridgehead atoms. The van der Waals surface area contributed by atoms with Gasteiger partial charge in [0.1, 0.15) is 5.82 Å². The normalized spacial score (nSPS) is 27.5. The van der Waals surface area contributed by atoms with E-state index in [0.29, 0.717) is 0 Å². The molecule has 0 amide bonds. The van der Waals surface area contributed by atoms with Gasteiger partial charge in [-0.15, -0.1) is 0 Å². The van der Waals surface area contributed by atoms with E-state index in [1.165, 1.54) is 6.07 Å². The predicted octanol–water partition coefficient (Wildman–Crippen LogP) is 3.46. The second-order valence-electron chi connectivity index (χ2n) is 6.37. The number of piperidine rings is 1. The summed E-state index contributed by atoms with van der Waals surface area (Å²) in [4.78, 5) is 2.28. The monoisotopic (exact) mass is 285 g/mol. The number of halogens is 2. The van der Waals surface area contributed by atoms with E-state index in [-0.39, 0.29) is 16.3 Å². The zero-order chi connectivity index (χ0) is 14.3. The van der Waals surface area contributed by atoms with Gasteiger partial charge >= 0.3 is 0 Å². The summed E-state index contributed by atoms with van der Waals surface area (Å²) in [5.41, 5.74) is 0.211. The molecular formula is C15H21ClFNO. The molecule has 1 atom stereocenters. The molecule has 1 aliphatic heterocycles. The number of hydrogen-bond donors (Lipinski definition) is 1. The Balaban J connectivity index is 2.07. The average Bonchev–Trinajstić information content (AvgIpc) is 2.29. The van der Waals surface area contributed by atoms with Crippen LogP contribution in [0.4, 0.5) is 4.39 Å². The third-order valence-corrected chi connectivity index (χ3v) is 4.67. The van der Waals surface area contributed by atoms with Gasteiger partial charge < -0.3 is 5.11 Å². The third-order valence-electron chi connectivity index (χ3n) is 4.38. The van der Waals surface area contributed by atoms with Crippen LogP contribution in [0.1, 0.15) is 32.8 Å². The van der Waals surface area contributed by atoms with E-state index < -0.39 is 5.60 Å². The molecule has 0 aromatic heterocycles. The number of benzene rings is 1. The number of nitrogens with zero attached hydrogens (tertiary/aromatic N) is 1. The van der Waals surface area contributed by atoms with Gasteiger partial charge in [0.25, 0.3) is 0 Å². The first-order chi connectivity index (χ1) is 8.71. The molecule has 0 aliphatic carbocycles. The number of aliphatic hydroxyl groups is 1. The van der Waals surface area contributed by atoms with Gasteiger partial charge in [-0.25, -0.2) is 4.39 Å². The van der Waals surface area contributed by atoms with Crippen LogP contribution in [0.5, 0.6) is 0 Å². The maximum Gasteiger partial charge on any atom is 0.141 e. The minimum absolute atomic E-state index is 0.158. The molecule has 19 heavy (non-hydrogen) atoms. The van der Waals surface area contributed by atoms with Crippen molar-refractivity contribution in [2.75, 3.05) is 13.1 Å². The van der Waals surface area contributed by atoms with Crippen molar-refractivity contribution in [2.24, 2.45) is 5.41 Å². The molecule has 1 N–H and O–H groups in total. The largest absolute Gasteiger partial charge is 0.390 e. The van der Waals surface area contributed by atoms with Crippen molar-refractivity contribution < 1.29 is 9.50 Å². The fourth-order valence-corrected chi connectivity index (χ4v) is 2.76. The topological polar surface area (TPSA) is 23.5 Å². The fraction of sp³-hybridized carbons (Fsp3) is 0.600. The van der Waals surface area contributed by atoms with Gasteiger partial charge in [-0.2, -0.15) is 0 Å². The van der Waals surface area contributed by atoms with Gasteiger partial charge in [0.15, 0.2) is 0 Å². The van der Waals surface area contributed by atoms with Crippen LogP contribution in [0.25, 0.3) is 0 Å². The molecule has 0 spiro atoms. The Morgan fingerprint density at radius 1 is 1.37 bits per heavy atom. The average molecular weight is 286 g/mol. The molecule has 1 aliphatic rings. The van der Waals surface area contributed by atoms with Crippen molar-refractivity contribution in [1.82, 2.24) is 4.90 Å². The van der Waals surface area contributed by atoms with E-state index in [9.17, 15) is 9.50 Å². The van der Waals surface area contributed by atoms with Crippen LogP contribution in [0.15, 0.2) is 18.2 Å². The molecule has 1 aromatic rings. The first-order valence-electron chi connectivity index (χ1n) is 6.60. The van der Waals surface area contributed by atoms with Crippen LogP contribution >= 0.6 is 11.6 Å². The lowest BCUT2D eigenvalue weighted by Gasteiger charge is -2.48. The van der Waals surface area contributed by atoms with Gasteiger partial charge in [-0.1, -0.05) is 31.5 Å². The maximum atomic E-state index is 13.1. The summed E-state index contributed by atoms with van der Waals surface area (Å²) in [7, 11) is 0. The van der Waals surface area contributed by atoms with Crippen molar-refractivity contribution >= 4 is 11.6 Å². The Bertz CT molecular complexity index is 473. The smallest absolute Gasteiger partial charge is 0.141 e. The predicted molar refractivity (Wildman–Crippen MR) is 75.7 cm³/mol. The first-order valence-corrected chi connectivity index (χ1v) is 6.98. The highest BCUT2D eigenvalue weighted by molar-refractivity contribution is 6.30. The van der Waals surface area contributed by atoms with Gasteiger partial charge in [-0.05, 0) is 31.0 Å². The van der Waals surface area contributed by atoms with Gasteiger partial charge in [0, 0.05) is 25.0 Å². The Morgan fingerprint density at radius 3 is 2.63 bits per heavy atom. The molecule has 2 rings (SSSR count). The highest BCUT2D eigenvalue weighted by Crippen LogP contribution is 2.38. The highest BCUT2D eigenvalue weighted by Gasteiger charge is 2.43. The van der Waals surface area contributed by atoms with Crippen LogP contribution in [0, 0.1) is 11.2 Å². The first kappa shape index (κ1) is 14.8. The quantitative estimate of drug-likeness (QED) is 0.899. The summed E-state index contributed by atoms with van der Waals surface area (Å²) in [5.74, 6) is -0.382. The summed E-state index contributed by atoms with van der Waals surface area (Å²) in [5, 5.41) is 10.5. The molecule has 0 unspecified atom stereocenters. The van der Waals surface area contributed by atoms with Crippen molar-refractivity contribution in [3.8, 4) is 0 Å². The molecule has 106 valence electrons. The highest BCUT2D eigenvalue weighted by atomic mass is 35.5. The van der Waals surface area contributed by atoms with E-state index in [2.05, 4.69) is 18.7 Å². The van der Waals surface area contributed by atoms with E-state index in [1.807, 2.05) is 6.92 Å². The number of hydrogen-bond acceptors (Lipinski definition) is 2. The lowest BCUT2D eigenvalue weighted by Crippen LogP contribution is -2.55. The molecule has 0 saturated carbocycles. The SMILES string of the molecule is CC1(C)CN(Cc2ccc(F)c(Cl)c2)CC[C@]1(C)O.